The molecule has 1 aromatic heterocycles. The Morgan fingerprint density at radius 2 is 2.00 bits per heavy atom. The second-order valence-corrected chi connectivity index (χ2v) is 5.76. The van der Waals surface area contributed by atoms with Crippen LogP contribution in [0, 0.1) is 0 Å². The lowest BCUT2D eigenvalue weighted by atomic mass is 9.93. The van der Waals surface area contributed by atoms with Crippen molar-refractivity contribution in [3.05, 3.63) is 53.9 Å². The van der Waals surface area contributed by atoms with E-state index in [1.807, 2.05) is 26.0 Å². The van der Waals surface area contributed by atoms with Gasteiger partial charge >= 0.3 is 0 Å². The lowest BCUT2D eigenvalue weighted by molar-refractivity contribution is 0.0618. The van der Waals surface area contributed by atoms with E-state index in [4.69, 9.17) is 9.47 Å². The number of carbonyl (C=O) groups excluding carboxylic acids is 1. The quantitative estimate of drug-likeness (QED) is 0.866. The summed E-state index contributed by atoms with van der Waals surface area (Å²) in [6, 6.07) is 9.17. The summed E-state index contributed by atoms with van der Waals surface area (Å²) < 4.78 is 11.6. The molecule has 0 unspecified atom stereocenters. The molecule has 2 heterocycles. The molecule has 0 saturated carbocycles. The molecule has 0 fully saturated rings. The van der Waals surface area contributed by atoms with Gasteiger partial charge in [-0.3, -0.25) is 9.78 Å². The predicted molar refractivity (Wildman–Crippen MR) is 78.7 cm³/mol. The Morgan fingerprint density at radius 1 is 1.24 bits per heavy atom. The standard InChI is InChI=1S/C17H17NO3/c1-17(2)10-15(19)14-4-3-13(9-16(14)21-17)20-11-12-5-7-18-8-6-12/h3-9H,10-11H2,1-2H3. The molecule has 0 saturated heterocycles. The summed E-state index contributed by atoms with van der Waals surface area (Å²) >= 11 is 0. The summed E-state index contributed by atoms with van der Waals surface area (Å²) in [6.45, 7) is 4.29. The second kappa shape index (κ2) is 5.20. The van der Waals surface area contributed by atoms with Crippen LogP contribution in [0.3, 0.4) is 0 Å². The number of nitrogens with zero attached hydrogens (tertiary/aromatic N) is 1. The fraction of sp³-hybridized carbons (Fsp3) is 0.294. The Bertz CT molecular complexity index is 665. The number of pyridine rings is 1. The van der Waals surface area contributed by atoms with Crippen molar-refractivity contribution in [3.63, 3.8) is 0 Å². The number of benzene rings is 1. The Labute approximate surface area is 123 Å². The minimum Gasteiger partial charge on any atom is -0.489 e. The molecule has 1 aliphatic heterocycles. The van der Waals surface area contributed by atoms with Gasteiger partial charge in [0.05, 0.1) is 12.0 Å². The van der Waals surface area contributed by atoms with E-state index in [1.165, 1.54) is 0 Å². The van der Waals surface area contributed by atoms with Crippen LogP contribution in [0.25, 0.3) is 0 Å². The van der Waals surface area contributed by atoms with Crippen molar-refractivity contribution in [1.29, 1.82) is 0 Å². The third kappa shape index (κ3) is 3.05. The second-order valence-electron chi connectivity index (χ2n) is 5.76. The summed E-state index contributed by atoms with van der Waals surface area (Å²) in [5.41, 5.74) is 1.21. The van der Waals surface area contributed by atoms with Crippen LogP contribution in [0.2, 0.25) is 0 Å². The Balaban J connectivity index is 1.78. The first-order chi connectivity index (χ1) is 10.0. The van der Waals surface area contributed by atoms with Gasteiger partial charge in [0.1, 0.15) is 23.7 Å². The highest BCUT2D eigenvalue weighted by Gasteiger charge is 2.32. The number of rotatable bonds is 3. The molecule has 0 aliphatic carbocycles. The van der Waals surface area contributed by atoms with Crippen molar-refractivity contribution >= 4 is 5.78 Å². The lowest BCUT2D eigenvalue weighted by Crippen LogP contribution is -2.35. The van der Waals surface area contributed by atoms with Crippen LogP contribution >= 0.6 is 0 Å². The predicted octanol–water partition coefficient (Wildman–Crippen LogP) is 3.40. The summed E-state index contributed by atoms with van der Waals surface area (Å²) in [5, 5.41) is 0. The van der Waals surface area contributed by atoms with E-state index in [-0.39, 0.29) is 5.78 Å². The molecule has 0 spiro atoms. The number of ether oxygens (including phenoxy) is 2. The maximum absolute atomic E-state index is 12.1. The van der Waals surface area contributed by atoms with E-state index in [9.17, 15) is 4.79 Å². The van der Waals surface area contributed by atoms with E-state index in [1.54, 1.807) is 30.6 Å². The molecule has 0 amide bonds. The molecule has 2 aromatic rings. The number of ketones is 1. The molecule has 0 radical (unpaired) electrons. The summed E-state index contributed by atoms with van der Waals surface area (Å²) in [5.74, 6) is 1.40. The van der Waals surface area contributed by atoms with E-state index in [0.29, 0.717) is 30.1 Å². The fourth-order valence-corrected chi connectivity index (χ4v) is 2.37. The molecule has 4 nitrogen and oxygen atoms in total. The average molecular weight is 283 g/mol. The number of Topliss-reactive ketones (excluding diaryl/α,β-unsaturated/α-hetero) is 1. The first-order valence-electron chi connectivity index (χ1n) is 6.91. The van der Waals surface area contributed by atoms with Gasteiger partial charge in [-0.1, -0.05) is 0 Å². The number of carbonyl (C=O) groups is 1. The number of aromatic nitrogens is 1. The van der Waals surface area contributed by atoms with E-state index >= 15 is 0 Å². The Hall–Kier alpha value is -2.36. The first-order valence-corrected chi connectivity index (χ1v) is 6.91. The van der Waals surface area contributed by atoms with Crippen LogP contribution < -0.4 is 9.47 Å². The number of hydrogen-bond acceptors (Lipinski definition) is 4. The van der Waals surface area contributed by atoms with Crippen LogP contribution in [0.4, 0.5) is 0 Å². The van der Waals surface area contributed by atoms with Crippen molar-refractivity contribution in [2.45, 2.75) is 32.5 Å². The molecular weight excluding hydrogens is 266 g/mol. The van der Waals surface area contributed by atoms with Gasteiger partial charge < -0.3 is 9.47 Å². The van der Waals surface area contributed by atoms with E-state index in [2.05, 4.69) is 4.98 Å². The molecule has 108 valence electrons. The minimum absolute atomic E-state index is 0.113. The monoisotopic (exact) mass is 283 g/mol. The van der Waals surface area contributed by atoms with Gasteiger partial charge in [0, 0.05) is 18.5 Å². The topological polar surface area (TPSA) is 48.4 Å². The van der Waals surface area contributed by atoms with Crippen LogP contribution in [0.5, 0.6) is 11.5 Å². The van der Waals surface area contributed by atoms with Crippen molar-refractivity contribution in [2.75, 3.05) is 0 Å². The van der Waals surface area contributed by atoms with E-state index in [0.717, 1.165) is 5.56 Å². The molecule has 0 N–H and O–H groups in total. The van der Waals surface area contributed by atoms with Crippen molar-refractivity contribution in [1.82, 2.24) is 4.98 Å². The third-order valence-corrected chi connectivity index (χ3v) is 3.38. The Morgan fingerprint density at radius 3 is 2.76 bits per heavy atom. The van der Waals surface area contributed by atoms with Gasteiger partial charge in [0.15, 0.2) is 5.78 Å². The molecule has 21 heavy (non-hydrogen) atoms. The maximum Gasteiger partial charge on any atom is 0.170 e. The first kappa shape index (κ1) is 13.6. The average Bonchev–Trinajstić information content (AvgIpc) is 2.44. The van der Waals surface area contributed by atoms with Gasteiger partial charge in [0.25, 0.3) is 0 Å². The van der Waals surface area contributed by atoms with Gasteiger partial charge in [-0.25, -0.2) is 0 Å². The highest BCUT2D eigenvalue weighted by atomic mass is 16.5. The minimum atomic E-state index is -0.464. The number of hydrogen-bond donors (Lipinski definition) is 0. The van der Waals surface area contributed by atoms with Gasteiger partial charge in [-0.2, -0.15) is 0 Å². The highest BCUT2D eigenvalue weighted by Crippen LogP contribution is 2.35. The largest absolute Gasteiger partial charge is 0.489 e. The smallest absolute Gasteiger partial charge is 0.170 e. The SMILES string of the molecule is CC1(C)CC(=O)c2ccc(OCc3ccncc3)cc2O1. The summed E-state index contributed by atoms with van der Waals surface area (Å²) in [4.78, 5) is 16.0. The normalized spacial score (nSPS) is 16.0. The fourth-order valence-electron chi connectivity index (χ4n) is 2.37. The van der Waals surface area contributed by atoms with Crippen LogP contribution in [0.1, 0.15) is 36.2 Å². The highest BCUT2D eigenvalue weighted by molar-refractivity contribution is 6.00. The van der Waals surface area contributed by atoms with Gasteiger partial charge in [-0.05, 0) is 43.7 Å². The van der Waals surface area contributed by atoms with Crippen molar-refractivity contribution < 1.29 is 14.3 Å². The molecule has 1 aliphatic rings. The summed E-state index contributed by atoms with van der Waals surface area (Å²) in [6.07, 6.45) is 3.86. The summed E-state index contributed by atoms with van der Waals surface area (Å²) in [7, 11) is 0. The van der Waals surface area contributed by atoms with Gasteiger partial charge in [0.2, 0.25) is 0 Å². The maximum atomic E-state index is 12.1. The Kier molecular flexibility index (Phi) is 3.37. The molecule has 1 aromatic carbocycles. The molecule has 0 atom stereocenters. The van der Waals surface area contributed by atoms with Crippen LogP contribution in [0.15, 0.2) is 42.7 Å². The van der Waals surface area contributed by atoms with Crippen LogP contribution in [-0.4, -0.2) is 16.4 Å². The van der Waals surface area contributed by atoms with Gasteiger partial charge in [-0.15, -0.1) is 0 Å². The van der Waals surface area contributed by atoms with Crippen LogP contribution in [-0.2, 0) is 6.61 Å². The zero-order chi connectivity index (χ0) is 14.9. The zero-order valence-electron chi connectivity index (χ0n) is 12.1. The lowest BCUT2D eigenvalue weighted by Gasteiger charge is -2.31. The molecular formula is C17H17NO3. The third-order valence-electron chi connectivity index (χ3n) is 3.38. The van der Waals surface area contributed by atoms with Crippen molar-refractivity contribution in [3.8, 4) is 11.5 Å². The van der Waals surface area contributed by atoms with Crippen molar-refractivity contribution in [2.24, 2.45) is 0 Å². The molecule has 0 bridgehead atoms. The molecule has 3 rings (SSSR count). The van der Waals surface area contributed by atoms with E-state index < -0.39 is 5.60 Å². The molecule has 4 heteroatoms. The number of fused-ring (bicyclic) bond motifs is 1. The zero-order valence-corrected chi connectivity index (χ0v) is 12.1.